The second-order valence-corrected chi connectivity index (χ2v) is 9.14. The van der Waals surface area contributed by atoms with Crippen LogP contribution in [0.2, 0.25) is 0 Å². The Hall–Kier alpha value is -3.05. The zero-order valence-electron chi connectivity index (χ0n) is 19.0. The number of aryl methyl sites for hydroxylation is 1. The molecule has 0 unspecified atom stereocenters. The first-order valence-corrected chi connectivity index (χ1v) is 12.0. The maximum Gasteiger partial charge on any atom is 0.196 e. The molecule has 0 amide bonds. The lowest BCUT2D eigenvalue weighted by molar-refractivity contribution is 0.727. The predicted molar refractivity (Wildman–Crippen MR) is 135 cm³/mol. The van der Waals surface area contributed by atoms with Gasteiger partial charge in [-0.1, -0.05) is 85.8 Å². The third-order valence-corrected chi connectivity index (χ3v) is 6.76. The minimum absolute atomic E-state index is 0.139. The Balaban J connectivity index is 1.75. The van der Waals surface area contributed by atoms with Crippen LogP contribution < -0.4 is 4.90 Å². The summed E-state index contributed by atoms with van der Waals surface area (Å²) in [5.74, 6) is 1.02. The Morgan fingerprint density at radius 3 is 1.94 bits per heavy atom. The summed E-state index contributed by atoms with van der Waals surface area (Å²) < 4.78 is 2.23. The van der Waals surface area contributed by atoms with E-state index in [1.54, 1.807) is 11.8 Å². The van der Waals surface area contributed by atoms with E-state index in [1.165, 1.54) is 16.8 Å². The van der Waals surface area contributed by atoms with E-state index < -0.39 is 0 Å². The molecule has 0 aliphatic carbocycles. The lowest BCUT2D eigenvalue weighted by atomic mass is 10.0. The molecule has 0 aliphatic rings. The molecule has 0 bridgehead atoms. The normalized spacial score (nSPS) is 11.1. The number of aromatic nitrogens is 3. The summed E-state index contributed by atoms with van der Waals surface area (Å²) in [4.78, 5) is 2.12. The van der Waals surface area contributed by atoms with E-state index in [2.05, 4.69) is 126 Å². The van der Waals surface area contributed by atoms with Crippen molar-refractivity contribution in [3.05, 3.63) is 102 Å². The summed E-state index contributed by atoms with van der Waals surface area (Å²) in [6.45, 7) is 2.21. The summed E-state index contributed by atoms with van der Waals surface area (Å²) >= 11 is 1.76. The van der Waals surface area contributed by atoms with Gasteiger partial charge in [0.1, 0.15) is 5.82 Å². The standard InChI is InChI=1S/C27H30N4S/c1-4-5-16-25-28-29-27(31(25)24-19-17-23(18-20-24)30(2)3)32-26(21-12-8-6-9-13-21)22-14-10-7-11-15-22/h6-15,17-20,26H,4-5,16H2,1-3H3. The van der Waals surface area contributed by atoms with E-state index >= 15 is 0 Å². The van der Waals surface area contributed by atoms with Crippen molar-refractivity contribution in [1.82, 2.24) is 14.8 Å². The SMILES string of the molecule is CCCCc1nnc(SC(c2ccccc2)c2ccccc2)n1-c1ccc(N(C)C)cc1. The Morgan fingerprint density at radius 1 is 0.812 bits per heavy atom. The average molecular weight is 443 g/mol. The summed E-state index contributed by atoms with van der Waals surface area (Å²) in [5, 5.41) is 10.3. The highest BCUT2D eigenvalue weighted by Gasteiger charge is 2.22. The molecule has 164 valence electrons. The van der Waals surface area contributed by atoms with Crippen LogP contribution in [0.15, 0.2) is 90.1 Å². The lowest BCUT2D eigenvalue weighted by Gasteiger charge is -2.19. The summed E-state index contributed by atoms with van der Waals surface area (Å²) in [6, 6.07) is 29.9. The number of thioether (sulfide) groups is 1. The molecule has 5 heteroatoms. The third-order valence-electron chi connectivity index (χ3n) is 5.51. The van der Waals surface area contributed by atoms with Crippen LogP contribution in [0.5, 0.6) is 0 Å². The zero-order chi connectivity index (χ0) is 22.3. The van der Waals surface area contributed by atoms with Crippen molar-refractivity contribution < 1.29 is 0 Å². The van der Waals surface area contributed by atoms with Crippen LogP contribution in [-0.2, 0) is 6.42 Å². The van der Waals surface area contributed by atoms with Gasteiger partial charge in [0.15, 0.2) is 5.16 Å². The fraction of sp³-hybridized carbons (Fsp3) is 0.259. The monoisotopic (exact) mass is 442 g/mol. The minimum atomic E-state index is 0.139. The van der Waals surface area contributed by atoms with E-state index in [0.717, 1.165) is 35.9 Å². The molecule has 0 aliphatic heterocycles. The molecule has 0 radical (unpaired) electrons. The second-order valence-electron chi connectivity index (χ2n) is 8.07. The second kappa shape index (κ2) is 10.5. The Morgan fingerprint density at radius 2 is 1.41 bits per heavy atom. The number of benzene rings is 3. The molecule has 4 aromatic rings. The van der Waals surface area contributed by atoms with Gasteiger partial charge < -0.3 is 4.90 Å². The van der Waals surface area contributed by atoms with Crippen LogP contribution >= 0.6 is 11.8 Å². The van der Waals surface area contributed by atoms with Gasteiger partial charge in [0.05, 0.1) is 5.25 Å². The van der Waals surface area contributed by atoms with Gasteiger partial charge >= 0.3 is 0 Å². The van der Waals surface area contributed by atoms with Crippen LogP contribution in [0.3, 0.4) is 0 Å². The molecule has 4 nitrogen and oxygen atoms in total. The molecular weight excluding hydrogens is 412 g/mol. The first-order chi connectivity index (χ1) is 15.7. The summed E-state index contributed by atoms with van der Waals surface area (Å²) in [5.41, 5.74) is 4.80. The fourth-order valence-electron chi connectivity index (χ4n) is 3.72. The Labute approximate surface area is 195 Å². The number of unbranched alkanes of at least 4 members (excludes halogenated alkanes) is 1. The van der Waals surface area contributed by atoms with Crippen LogP contribution in [0, 0.1) is 0 Å². The summed E-state index contributed by atoms with van der Waals surface area (Å²) in [7, 11) is 4.12. The van der Waals surface area contributed by atoms with E-state index in [-0.39, 0.29) is 5.25 Å². The van der Waals surface area contributed by atoms with Crippen molar-refractivity contribution in [2.75, 3.05) is 19.0 Å². The van der Waals surface area contributed by atoms with Gasteiger partial charge in [0.25, 0.3) is 0 Å². The van der Waals surface area contributed by atoms with Crippen molar-refractivity contribution in [3.63, 3.8) is 0 Å². The molecule has 0 saturated carbocycles. The molecule has 0 N–H and O–H groups in total. The first kappa shape index (κ1) is 22.2. The smallest absolute Gasteiger partial charge is 0.196 e. The van der Waals surface area contributed by atoms with Crippen molar-refractivity contribution in [2.24, 2.45) is 0 Å². The number of anilines is 1. The number of hydrogen-bond acceptors (Lipinski definition) is 4. The van der Waals surface area contributed by atoms with Gasteiger partial charge in [-0.15, -0.1) is 10.2 Å². The van der Waals surface area contributed by atoms with Crippen LogP contribution in [0.25, 0.3) is 5.69 Å². The molecule has 4 rings (SSSR count). The summed E-state index contributed by atoms with van der Waals surface area (Å²) in [6.07, 6.45) is 3.14. The average Bonchev–Trinajstić information content (AvgIpc) is 3.24. The lowest BCUT2D eigenvalue weighted by Crippen LogP contribution is -2.09. The van der Waals surface area contributed by atoms with Crippen molar-refractivity contribution in [3.8, 4) is 5.69 Å². The molecule has 0 atom stereocenters. The van der Waals surface area contributed by atoms with Crippen LogP contribution in [0.4, 0.5) is 5.69 Å². The molecule has 1 heterocycles. The molecule has 3 aromatic carbocycles. The van der Waals surface area contributed by atoms with E-state index in [4.69, 9.17) is 0 Å². The highest BCUT2D eigenvalue weighted by molar-refractivity contribution is 7.99. The van der Waals surface area contributed by atoms with Crippen molar-refractivity contribution in [1.29, 1.82) is 0 Å². The minimum Gasteiger partial charge on any atom is -0.378 e. The highest BCUT2D eigenvalue weighted by Crippen LogP contribution is 2.40. The van der Waals surface area contributed by atoms with Crippen LogP contribution in [0.1, 0.15) is 42.0 Å². The van der Waals surface area contributed by atoms with Crippen molar-refractivity contribution in [2.45, 2.75) is 36.6 Å². The maximum absolute atomic E-state index is 4.66. The fourth-order valence-corrected chi connectivity index (χ4v) is 4.92. The first-order valence-electron chi connectivity index (χ1n) is 11.2. The number of rotatable bonds is 9. The van der Waals surface area contributed by atoms with E-state index in [1.807, 2.05) is 0 Å². The van der Waals surface area contributed by atoms with Crippen molar-refractivity contribution >= 4 is 17.4 Å². The van der Waals surface area contributed by atoms with Gasteiger partial charge in [0.2, 0.25) is 0 Å². The molecule has 0 fully saturated rings. The molecule has 0 spiro atoms. The van der Waals surface area contributed by atoms with Gasteiger partial charge in [-0.2, -0.15) is 0 Å². The quantitative estimate of drug-likeness (QED) is 0.275. The van der Waals surface area contributed by atoms with E-state index in [9.17, 15) is 0 Å². The van der Waals surface area contributed by atoms with E-state index in [0.29, 0.717) is 0 Å². The maximum atomic E-state index is 4.66. The molecule has 0 saturated heterocycles. The topological polar surface area (TPSA) is 34.0 Å². The highest BCUT2D eigenvalue weighted by atomic mass is 32.2. The Bertz CT molecular complexity index is 1070. The molecule has 1 aromatic heterocycles. The van der Waals surface area contributed by atoms with Gasteiger partial charge in [-0.25, -0.2) is 0 Å². The van der Waals surface area contributed by atoms with Gasteiger partial charge in [-0.05, 0) is 41.8 Å². The molecular formula is C27H30N4S. The zero-order valence-corrected chi connectivity index (χ0v) is 19.8. The molecule has 32 heavy (non-hydrogen) atoms. The largest absolute Gasteiger partial charge is 0.378 e. The third kappa shape index (κ3) is 5.05. The number of nitrogens with zero attached hydrogens (tertiary/aromatic N) is 4. The van der Waals surface area contributed by atoms with Crippen LogP contribution in [-0.4, -0.2) is 28.9 Å². The van der Waals surface area contributed by atoms with Gasteiger partial charge in [-0.3, -0.25) is 4.57 Å². The van der Waals surface area contributed by atoms with Gasteiger partial charge in [0, 0.05) is 31.9 Å². The Kier molecular flexibility index (Phi) is 7.28. The predicted octanol–water partition coefficient (Wildman–Crippen LogP) is 6.56. The number of hydrogen-bond donors (Lipinski definition) is 0.